The van der Waals surface area contributed by atoms with E-state index in [1.54, 1.807) is 6.07 Å². The van der Waals surface area contributed by atoms with Gasteiger partial charge < -0.3 is 5.32 Å². The number of aryl methyl sites for hydroxylation is 1. The van der Waals surface area contributed by atoms with E-state index in [9.17, 15) is 8.42 Å². The summed E-state index contributed by atoms with van der Waals surface area (Å²) in [6, 6.07) is 8.03. The lowest BCUT2D eigenvalue weighted by molar-refractivity contribution is 0.593. The van der Waals surface area contributed by atoms with Crippen molar-refractivity contribution in [1.29, 1.82) is 0 Å². The molecule has 0 radical (unpaired) electrons. The van der Waals surface area contributed by atoms with Crippen LogP contribution in [0.2, 0.25) is 0 Å². The molecule has 0 unspecified atom stereocenters. The monoisotopic (exact) mass is 268 g/mol. The Kier molecular flexibility index (Phi) is 4.24. The van der Waals surface area contributed by atoms with Crippen LogP contribution in [0.5, 0.6) is 0 Å². The van der Waals surface area contributed by atoms with Crippen molar-refractivity contribution in [2.24, 2.45) is 0 Å². The molecule has 0 aromatic heterocycles. The Morgan fingerprint density at radius 2 is 2.11 bits per heavy atom. The van der Waals surface area contributed by atoms with Crippen LogP contribution >= 0.6 is 0 Å². The minimum Gasteiger partial charge on any atom is -0.314 e. The summed E-state index contributed by atoms with van der Waals surface area (Å²) in [4.78, 5) is 0. The Morgan fingerprint density at radius 3 is 2.78 bits per heavy atom. The number of benzene rings is 1. The van der Waals surface area contributed by atoms with Gasteiger partial charge in [0.15, 0.2) is 0 Å². The van der Waals surface area contributed by atoms with Gasteiger partial charge in [-0.15, -0.1) is 0 Å². The first-order chi connectivity index (χ1) is 8.55. The fourth-order valence-corrected chi connectivity index (χ4v) is 2.91. The molecular weight excluding hydrogens is 248 g/mol. The summed E-state index contributed by atoms with van der Waals surface area (Å²) in [5.41, 5.74) is 1.69. The standard InChI is InChI=1S/C13H20N2O2S/c1-11-4-2-5-13(10-11)15-18(16,17)9-3-8-14-12-6-7-12/h2,4-5,10,12,14-15H,3,6-9H2,1H3. The average Bonchev–Trinajstić information content (AvgIpc) is 3.07. The zero-order chi connectivity index (χ0) is 13.0. The maximum absolute atomic E-state index is 11.8. The van der Waals surface area contributed by atoms with Gasteiger partial charge in [0.05, 0.1) is 5.75 Å². The van der Waals surface area contributed by atoms with Crippen LogP contribution in [0.15, 0.2) is 24.3 Å². The molecule has 1 aromatic carbocycles. The van der Waals surface area contributed by atoms with Crippen LogP contribution in [0.4, 0.5) is 5.69 Å². The highest BCUT2D eigenvalue weighted by molar-refractivity contribution is 7.92. The maximum Gasteiger partial charge on any atom is 0.232 e. The van der Waals surface area contributed by atoms with Gasteiger partial charge in [0, 0.05) is 11.7 Å². The first-order valence-corrected chi connectivity index (χ1v) is 8.01. The summed E-state index contributed by atoms with van der Waals surface area (Å²) in [5.74, 6) is 0.167. The largest absolute Gasteiger partial charge is 0.314 e. The van der Waals surface area contributed by atoms with Gasteiger partial charge >= 0.3 is 0 Å². The minimum atomic E-state index is -3.22. The topological polar surface area (TPSA) is 58.2 Å². The van der Waals surface area contributed by atoms with Gasteiger partial charge in [0.1, 0.15) is 0 Å². The van der Waals surface area contributed by atoms with E-state index in [2.05, 4.69) is 10.0 Å². The van der Waals surface area contributed by atoms with E-state index in [-0.39, 0.29) is 5.75 Å². The van der Waals surface area contributed by atoms with Gasteiger partial charge in [-0.1, -0.05) is 12.1 Å². The molecule has 0 aliphatic heterocycles. The third kappa shape index (κ3) is 4.66. The van der Waals surface area contributed by atoms with Gasteiger partial charge in [0.2, 0.25) is 10.0 Å². The van der Waals surface area contributed by atoms with Crippen LogP contribution in [0.25, 0.3) is 0 Å². The van der Waals surface area contributed by atoms with Crippen molar-refractivity contribution in [3.8, 4) is 0 Å². The van der Waals surface area contributed by atoms with Crippen molar-refractivity contribution < 1.29 is 8.42 Å². The SMILES string of the molecule is Cc1cccc(NS(=O)(=O)CCCNC2CC2)c1. The first kappa shape index (κ1) is 13.4. The summed E-state index contributed by atoms with van der Waals surface area (Å²) in [6.45, 7) is 2.72. The predicted molar refractivity (Wildman–Crippen MR) is 74.2 cm³/mol. The van der Waals surface area contributed by atoms with E-state index < -0.39 is 10.0 Å². The predicted octanol–water partition coefficient (Wildman–Crippen LogP) is 1.88. The third-order valence-electron chi connectivity index (χ3n) is 2.89. The second kappa shape index (κ2) is 5.71. The first-order valence-electron chi connectivity index (χ1n) is 6.36. The molecule has 100 valence electrons. The summed E-state index contributed by atoms with van der Waals surface area (Å²) in [6.07, 6.45) is 3.11. The molecule has 0 bridgehead atoms. The van der Waals surface area contributed by atoms with Crippen LogP contribution in [-0.2, 0) is 10.0 Å². The average molecular weight is 268 g/mol. The van der Waals surface area contributed by atoms with Crippen molar-refractivity contribution in [2.75, 3.05) is 17.0 Å². The van der Waals surface area contributed by atoms with Crippen molar-refractivity contribution in [2.45, 2.75) is 32.2 Å². The fourth-order valence-electron chi connectivity index (χ4n) is 1.79. The van der Waals surface area contributed by atoms with Crippen molar-refractivity contribution in [1.82, 2.24) is 5.32 Å². The van der Waals surface area contributed by atoms with Gasteiger partial charge in [-0.2, -0.15) is 0 Å². The molecule has 0 spiro atoms. The van der Waals surface area contributed by atoms with Crippen LogP contribution in [0, 0.1) is 6.92 Å². The van der Waals surface area contributed by atoms with Crippen molar-refractivity contribution in [3.05, 3.63) is 29.8 Å². The molecule has 4 nitrogen and oxygen atoms in total. The Bertz CT molecular complexity index is 495. The number of hydrogen-bond donors (Lipinski definition) is 2. The second-order valence-corrected chi connectivity index (χ2v) is 6.71. The zero-order valence-electron chi connectivity index (χ0n) is 10.6. The molecule has 1 fully saturated rings. The number of anilines is 1. The number of nitrogens with one attached hydrogen (secondary N) is 2. The molecule has 1 saturated carbocycles. The van der Waals surface area contributed by atoms with Gasteiger partial charge in [-0.05, 0) is 50.4 Å². The summed E-state index contributed by atoms with van der Waals surface area (Å²) in [5, 5.41) is 3.31. The highest BCUT2D eigenvalue weighted by Gasteiger charge is 2.20. The molecule has 0 heterocycles. The lowest BCUT2D eigenvalue weighted by atomic mass is 10.2. The van der Waals surface area contributed by atoms with Crippen molar-refractivity contribution in [3.63, 3.8) is 0 Å². The highest BCUT2D eigenvalue weighted by atomic mass is 32.2. The van der Waals surface area contributed by atoms with Gasteiger partial charge in [-0.25, -0.2) is 8.42 Å². The lowest BCUT2D eigenvalue weighted by Gasteiger charge is -2.08. The van der Waals surface area contributed by atoms with Crippen LogP contribution in [0.1, 0.15) is 24.8 Å². The summed E-state index contributed by atoms with van der Waals surface area (Å²) >= 11 is 0. The highest BCUT2D eigenvalue weighted by Crippen LogP contribution is 2.18. The van der Waals surface area contributed by atoms with Crippen LogP contribution in [0.3, 0.4) is 0 Å². The Hall–Kier alpha value is -1.07. The van der Waals surface area contributed by atoms with Crippen LogP contribution in [-0.4, -0.2) is 26.8 Å². The molecule has 1 aromatic rings. The smallest absolute Gasteiger partial charge is 0.232 e. The van der Waals surface area contributed by atoms with E-state index >= 15 is 0 Å². The van der Waals surface area contributed by atoms with E-state index in [0.29, 0.717) is 18.2 Å². The second-order valence-electron chi connectivity index (χ2n) is 4.87. The Balaban J connectivity index is 1.78. The van der Waals surface area contributed by atoms with Gasteiger partial charge in [0.25, 0.3) is 0 Å². The van der Waals surface area contributed by atoms with E-state index in [1.807, 2.05) is 25.1 Å². The number of sulfonamides is 1. The van der Waals surface area contributed by atoms with E-state index in [4.69, 9.17) is 0 Å². The summed E-state index contributed by atoms with van der Waals surface area (Å²) in [7, 11) is -3.22. The molecule has 0 atom stereocenters. The molecule has 2 rings (SSSR count). The number of hydrogen-bond acceptors (Lipinski definition) is 3. The zero-order valence-corrected chi connectivity index (χ0v) is 11.5. The van der Waals surface area contributed by atoms with E-state index in [0.717, 1.165) is 12.1 Å². The minimum absolute atomic E-state index is 0.167. The molecular formula is C13H20N2O2S. The molecule has 1 aliphatic carbocycles. The molecule has 0 amide bonds. The Morgan fingerprint density at radius 1 is 1.33 bits per heavy atom. The fraction of sp³-hybridized carbons (Fsp3) is 0.538. The molecule has 18 heavy (non-hydrogen) atoms. The molecule has 5 heteroatoms. The normalized spacial score (nSPS) is 15.6. The Labute approximate surface area is 109 Å². The lowest BCUT2D eigenvalue weighted by Crippen LogP contribution is -2.23. The third-order valence-corrected chi connectivity index (χ3v) is 4.26. The molecule has 1 aliphatic rings. The van der Waals surface area contributed by atoms with Crippen molar-refractivity contribution >= 4 is 15.7 Å². The number of rotatable bonds is 7. The summed E-state index contributed by atoms with van der Waals surface area (Å²) < 4.78 is 26.3. The maximum atomic E-state index is 11.8. The molecule has 0 saturated heterocycles. The van der Waals surface area contributed by atoms with E-state index in [1.165, 1.54) is 12.8 Å². The quantitative estimate of drug-likeness (QED) is 0.742. The van der Waals surface area contributed by atoms with Gasteiger partial charge in [-0.3, -0.25) is 4.72 Å². The molecule has 2 N–H and O–H groups in total. The van der Waals surface area contributed by atoms with Crippen LogP contribution < -0.4 is 10.0 Å².